The minimum Gasteiger partial charge on any atom is -0.294 e. The van der Waals surface area contributed by atoms with Crippen molar-refractivity contribution in [3.63, 3.8) is 0 Å². The van der Waals surface area contributed by atoms with Crippen LogP contribution in [0.25, 0.3) is 0 Å². The highest BCUT2D eigenvalue weighted by molar-refractivity contribution is 7.83. The fraction of sp³-hybridized carbons (Fsp3) is 1.00. The van der Waals surface area contributed by atoms with E-state index in [4.69, 9.17) is 13.0 Å². The SMILES string of the molecule is CCC(COS(=O)O)(COS(=O)(=O)O[Si](C)(C)C)OS(=O)O. The molecule has 14 heteroatoms. The maximum absolute atomic E-state index is 11.7. The van der Waals surface area contributed by atoms with Gasteiger partial charge in [0, 0.05) is 0 Å². The standard InChI is InChI=1S/C8H20O10S3Si/c1-5-8(17-20(11)12,6-15-19(9)10)7-16-21(13,14)18-22(2,3)4/h5-7H2,1-4H3,(H,9,10)(H,11,12). The highest BCUT2D eigenvalue weighted by Crippen LogP contribution is 2.21. The Kier molecular flexibility index (Phi) is 9.00. The highest BCUT2D eigenvalue weighted by atomic mass is 32.3. The van der Waals surface area contributed by atoms with Crippen LogP contribution in [-0.4, -0.2) is 53.1 Å². The summed E-state index contributed by atoms with van der Waals surface area (Å²) >= 11 is -5.42. The van der Waals surface area contributed by atoms with Gasteiger partial charge in [-0.25, -0.2) is 4.18 Å². The number of hydrogen-bond donors (Lipinski definition) is 2. The molecule has 0 fully saturated rings. The van der Waals surface area contributed by atoms with Crippen LogP contribution >= 0.6 is 0 Å². The molecule has 0 bridgehead atoms. The van der Waals surface area contributed by atoms with E-state index < -0.39 is 60.3 Å². The lowest BCUT2D eigenvalue weighted by atomic mass is 10.0. The van der Waals surface area contributed by atoms with Gasteiger partial charge in [-0.05, 0) is 26.1 Å². The summed E-state index contributed by atoms with van der Waals surface area (Å²) in [5, 5.41) is 0. The van der Waals surface area contributed by atoms with E-state index in [1.54, 1.807) is 19.6 Å². The van der Waals surface area contributed by atoms with Crippen molar-refractivity contribution < 1.29 is 42.4 Å². The van der Waals surface area contributed by atoms with Crippen LogP contribution in [0.1, 0.15) is 13.3 Å². The van der Waals surface area contributed by atoms with E-state index in [-0.39, 0.29) is 6.42 Å². The van der Waals surface area contributed by atoms with Crippen molar-refractivity contribution in [3.05, 3.63) is 0 Å². The van der Waals surface area contributed by atoms with Gasteiger partial charge >= 0.3 is 33.1 Å². The minimum atomic E-state index is -4.35. The normalized spacial score (nSPS) is 18.6. The van der Waals surface area contributed by atoms with Crippen molar-refractivity contribution in [2.24, 2.45) is 0 Å². The first kappa shape index (κ1) is 22.2. The fourth-order valence-corrected chi connectivity index (χ4v) is 5.00. The molecule has 0 aliphatic rings. The molecule has 0 aliphatic heterocycles. The third kappa shape index (κ3) is 10.1. The molecule has 0 aliphatic carbocycles. The van der Waals surface area contributed by atoms with E-state index in [0.717, 1.165) is 0 Å². The molecule has 0 aromatic heterocycles. The summed E-state index contributed by atoms with van der Waals surface area (Å²) in [7, 11) is -6.80. The first-order chi connectivity index (χ1) is 9.81. The van der Waals surface area contributed by atoms with Crippen molar-refractivity contribution in [2.75, 3.05) is 13.2 Å². The Labute approximate surface area is 135 Å². The van der Waals surface area contributed by atoms with Gasteiger partial charge in [0.05, 0.1) is 6.61 Å². The van der Waals surface area contributed by atoms with Gasteiger partial charge in [-0.3, -0.25) is 21.3 Å². The molecule has 0 amide bonds. The third-order valence-electron chi connectivity index (χ3n) is 2.13. The second-order valence-electron chi connectivity index (χ2n) is 5.18. The van der Waals surface area contributed by atoms with E-state index in [2.05, 4.69) is 12.5 Å². The molecule has 2 N–H and O–H groups in total. The second kappa shape index (κ2) is 8.91. The molecular formula is C8H20O10S3Si. The lowest BCUT2D eigenvalue weighted by molar-refractivity contribution is -0.0166. The lowest BCUT2D eigenvalue weighted by Crippen LogP contribution is -2.44. The summed E-state index contributed by atoms with van der Waals surface area (Å²) in [5.41, 5.74) is -1.71. The zero-order valence-electron chi connectivity index (χ0n) is 12.5. The van der Waals surface area contributed by atoms with Crippen LogP contribution in [0.2, 0.25) is 19.6 Å². The van der Waals surface area contributed by atoms with E-state index in [9.17, 15) is 16.8 Å². The predicted molar refractivity (Wildman–Crippen MR) is 80.9 cm³/mol. The summed E-state index contributed by atoms with van der Waals surface area (Å²) in [5.74, 6) is 0. The van der Waals surface area contributed by atoms with Gasteiger partial charge in [0.1, 0.15) is 12.2 Å². The van der Waals surface area contributed by atoms with Crippen molar-refractivity contribution in [3.8, 4) is 0 Å². The number of rotatable bonds is 11. The van der Waals surface area contributed by atoms with Gasteiger partial charge in [0.2, 0.25) is 8.32 Å². The third-order valence-corrected chi connectivity index (χ3v) is 6.17. The first-order valence-corrected chi connectivity index (χ1v) is 12.8. The smallest absolute Gasteiger partial charge is 0.294 e. The molecule has 0 spiro atoms. The molecule has 22 heavy (non-hydrogen) atoms. The van der Waals surface area contributed by atoms with Crippen LogP contribution in [0.3, 0.4) is 0 Å². The molecule has 3 unspecified atom stereocenters. The maximum atomic E-state index is 11.7. The molecule has 3 atom stereocenters. The molecule has 0 heterocycles. The average molecular weight is 401 g/mol. The van der Waals surface area contributed by atoms with Crippen molar-refractivity contribution >= 4 is 41.4 Å². The molecular weight excluding hydrogens is 380 g/mol. The van der Waals surface area contributed by atoms with Gasteiger partial charge in [0.15, 0.2) is 0 Å². The Morgan fingerprint density at radius 3 is 2.00 bits per heavy atom. The Morgan fingerprint density at radius 2 is 1.64 bits per heavy atom. The maximum Gasteiger partial charge on any atom is 0.390 e. The second-order valence-corrected chi connectivity index (χ2v) is 12.4. The van der Waals surface area contributed by atoms with E-state index >= 15 is 0 Å². The van der Waals surface area contributed by atoms with Crippen molar-refractivity contribution in [2.45, 2.75) is 38.6 Å². The van der Waals surface area contributed by atoms with Gasteiger partial charge in [-0.2, -0.15) is 16.8 Å². The molecule has 134 valence electrons. The van der Waals surface area contributed by atoms with E-state index in [1.807, 2.05) is 0 Å². The van der Waals surface area contributed by atoms with Gasteiger partial charge in [-0.15, -0.1) is 0 Å². The average Bonchev–Trinajstić information content (AvgIpc) is 2.29. The molecule has 0 aromatic rings. The van der Waals surface area contributed by atoms with Crippen LogP contribution in [-0.2, 0) is 49.5 Å². The Balaban J connectivity index is 5.04. The van der Waals surface area contributed by atoms with Crippen LogP contribution in [0.15, 0.2) is 0 Å². The van der Waals surface area contributed by atoms with Gasteiger partial charge in [0.25, 0.3) is 0 Å². The van der Waals surface area contributed by atoms with E-state index in [0.29, 0.717) is 0 Å². The number of hydrogen-bond acceptors (Lipinski definition) is 8. The topological polar surface area (TPSA) is 146 Å². The monoisotopic (exact) mass is 400 g/mol. The molecule has 0 aromatic carbocycles. The highest BCUT2D eigenvalue weighted by Gasteiger charge is 2.37. The van der Waals surface area contributed by atoms with Crippen molar-refractivity contribution in [1.29, 1.82) is 0 Å². The Hall–Kier alpha value is 0.227. The molecule has 0 radical (unpaired) electrons. The van der Waals surface area contributed by atoms with Gasteiger partial charge < -0.3 is 0 Å². The fourth-order valence-electron chi connectivity index (χ4n) is 1.17. The first-order valence-electron chi connectivity index (χ1n) is 5.95. The Bertz CT molecular complexity index is 501. The Morgan fingerprint density at radius 1 is 1.09 bits per heavy atom. The van der Waals surface area contributed by atoms with E-state index in [1.165, 1.54) is 6.92 Å². The van der Waals surface area contributed by atoms with Gasteiger partial charge in [-0.1, -0.05) is 6.92 Å². The zero-order valence-corrected chi connectivity index (χ0v) is 16.0. The van der Waals surface area contributed by atoms with Crippen LogP contribution in [0.5, 0.6) is 0 Å². The lowest BCUT2D eigenvalue weighted by Gasteiger charge is -2.29. The summed E-state index contributed by atoms with van der Waals surface area (Å²) in [6, 6.07) is 0. The summed E-state index contributed by atoms with van der Waals surface area (Å²) < 4.78 is 80.8. The summed E-state index contributed by atoms with van der Waals surface area (Å²) in [6.45, 7) is 5.00. The molecule has 10 nitrogen and oxygen atoms in total. The quantitative estimate of drug-likeness (QED) is 0.372. The largest absolute Gasteiger partial charge is 0.390 e. The van der Waals surface area contributed by atoms with Crippen LogP contribution in [0, 0.1) is 0 Å². The summed E-state index contributed by atoms with van der Waals surface area (Å²) in [4.78, 5) is 0. The molecule has 0 saturated carbocycles. The predicted octanol–water partition coefficient (Wildman–Crippen LogP) is 0.555. The minimum absolute atomic E-state index is 0.0288. The van der Waals surface area contributed by atoms with Crippen molar-refractivity contribution in [1.82, 2.24) is 0 Å². The zero-order chi connectivity index (χ0) is 17.6. The van der Waals surface area contributed by atoms with Crippen LogP contribution < -0.4 is 0 Å². The van der Waals surface area contributed by atoms with Crippen LogP contribution in [0.4, 0.5) is 0 Å². The summed E-state index contributed by atoms with van der Waals surface area (Å²) in [6.07, 6.45) is -0.0288. The molecule has 0 saturated heterocycles. The molecule has 0 rings (SSSR count).